The molecule has 0 N–H and O–H groups in total. The molecule has 0 unspecified atom stereocenters. The molecule has 0 radical (unpaired) electrons. The average molecular weight is 735 g/mol. The van der Waals surface area contributed by atoms with E-state index in [9.17, 15) is 0 Å². The van der Waals surface area contributed by atoms with Crippen LogP contribution in [0.3, 0.4) is 0 Å². The summed E-state index contributed by atoms with van der Waals surface area (Å²) in [5.41, 5.74) is 10.9. The van der Waals surface area contributed by atoms with Gasteiger partial charge in [0.15, 0.2) is 0 Å². The van der Waals surface area contributed by atoms with Gasteiger partial charge in [-0.05, 0) is 97.4 Å². The molecule has 4 aromatic heterocycles. The standard InChI is InChI=1S/C54H30N4/c1-4-14-36-31(11-1)22-27-41-49(36)50-38-25-23-35(29-34(38)24-28-47(50)57-45-19-9-7-17-43(45)55-53(41)57)42-30-33-13-3-5-15-37(33)48-40-26-21-32-12-2-6-16-39(32)52(40)58-46-20-10-8-18-44(46)56-54(58)51(42)48/h1-30H. The van der Waals surface area contributed by atoms with Crippen molar-refractivity contribution in [2.75, 3.05) is 0 Å². The van der Waals surface area contributed by atoms with Gasteiger partial charge in [-0.1, -0.05) is 133 Å². The predicted octanol–water partition coefficient (Wildman–Crippen LogP) is 14.2. The van der Waals surface area contributed by atoms with E-state index in [1.165, 1.54) is 86.7 Å². The van der Waals surface area contributed by atoms with Gasteiger partial charge in [0.1, 0.15) is 11.3 Å². The molecule has 0 fully saturated rings. The van der Waals surface area contributed by atoms with Crippen molar-refractivity contribution in [3.63, 3.8) is 0 Å². The van der Waals surface area contributed by atoms with Gasteiger partial charge in [0.25, 0.3) is 0 Å². The molecule has 0 spiro atoms. The van der Waals surface area contributed by atoms with E-state index < -0.39 is 0 Å². The molecule has 0 saturated carbocycles. The van der Waals surface area contributed by atoms with E-state index in [4.69, 9.17) is 9.97 Å². The topological polar surface area (TPSA) is 34.6 Å². The molecule has 0 amide bonds. The number of imidazole rings is 2. The second-order valence-corrected chi connectivity index (χ2v) is 15.7. The third kappa shape index (κ3) is 3.84. The minimum atomic E-state index is 0.978. The van der Waals surface area contributed by atoms with Crippen molar-refractivity contribution < 1.29 is 0 Å². The van der Waals surface area contributed by atoms with Gasteiger partial charge in [-0.3, -0.25) is 8.80 Å². The Morgan fingerprint density at radius 1 is 0.310 bits per heavy atom. The van der Waals surface area contributed by atoms with Crippen molar-refractivity contribution in [3.05, 3.63) is 182 Å². The molecule has 14 aromatic rings. The van der Waals surface area contributed by atoms with Crippen molar-refractivity contribution in [1.29, 1.82) is 0 Å². The summed E-state index contributed by atoms with van der Waals surface area (Å²) in [6, 6.07) is 66.6. The third-order valence-corrected chi connectivity index (χ3v) is 12.8. The molecule has 0 saturated heterocycles. The van der Waals surface area contributed by atoms with Crippen LogP contribution >= 0.6 is 0 Å². The van der Waals surface area contributed by atoms with Crippen LogP contribution in [0.15, 0.2) is 182 Å². The van der Waals surface area contributed by atoms with E-state index in [2.05, 4.69) is 191 Å². The molecule has 266 valence electrons. The molecule has 0 aliphatic heterocycles. The van der Waals surface area contributed by atoms with Gasteiger partial charge < -0.3 is 0 Å². The van der Waals surface area contributed by atoms with Crippen LogP contribution in [0.25, 0.3) is 131 Å². The van der Waals surface area contributed by atoms with Crippen LogP contribution in [-0.2, 0) is 0 Å². The van der Waals surface area contributed by atoms with Crippen LogP contribution in [0.4, 0.5) is 0 Å². The molecule has 4 nitrogen and oxygen atoms in total. The Morgan fingerprint density at radius 3 is 1.64 bits per heavy atom. The minimum Gasteiger partial charge on any atom is -0.292 e. The zero-order valence-corrected chi connectivity index (χ0v) is 31.1. The summed E-state index contributed by atoms with van der Waals surface area (Å²) in [4.78, 5) is 10.7. The molecule has 0 atom stereocenters. The highest BCUT2D eigenvalue weighted by atomic mass is 15.0. The molecule has 10 aromatic carbocycles. The Hall–Kier alpha value is -7.82. The number of rotatable bonds is 1. The number of aromatic nitrogens is 4. The lowest BCUT2D eigenvalue weighted by Gasteiger charge is -2.18. The summed E-state index contributed by atoms with van der Waals surface area (Å²) in [5.74, 6) is 0. The Labute approximate surface area is 330 Å². The number of benzene rings is 10. The van der Waals surface area contributed by atoms with Gasteiger partial charge in [-0.25, -0.2) is 9.97 Å². The fraction of sp³-hybridized carbons (Fsp3) is 0. The quantitative estimate of drug-likeness (QED) is 0.157. The van der Waals surface area contributed by atoms with Crippen LogP contribution in [0.1, 0.15) is 0 Å². The fourth-order valence-electron chi connectivity index (χ4n) is 10.3. The smallest absolute Gasteiger partial charge is 0.147 e. The largest absolute Gasteiger partial charge is 0.292 e. The Kier molecular flexibility index (Phi) is 5.73. The van der Waals surface area contributed by atoms with Crippen molar-refractivity contribution >= 4 is 120 Å². The zero-order chi connectivity index (χ0) is 37.6. The van der Waals surface area contributed by atoms with Crippen molar-refractivity contribution in [1.82, 2.24) is 18.8 Å². The van der Waals surface area contributed by atoms with Crippen LogP contribution in [-0.4, -0.2) is 18.8 Å². The molecule has 0 aliphatic carbocycles. The van der Waals surface area contributed by atoms with Gasteiger partial charge in [0, 0.05) is 37.7 Å². The van der Waals surface area contributed by atoms with Crippen molar-refractivity contribution in [2.45, 2.75) is 0 Å². The van der Waals surface area contributed by atoms with E-state index in [0.717, 1.165) is 44.3 Å². The monoisotopic (exact) mass is 734 g/mol. The van der Waals surface area contributed by atoms with Gasteiger partial charge in [0.2, 0.25) is 0 Å². The molecule has 4 heterocycles. The highest BCUT2D eigenvalue weighted by molar-refractivity contribution is 6.32. The predicted molar refractivity (Wildman–Crippen MR) is 244 cm³/mol. The lowest BCUT2D eigenvalue weighted by molar-refractivity contribution is 1.32. The maximum atomic E-state index is 5.46. The Morgan fingerprint density at radius 2 is 0.845 bits per heavy atom. The first-order valence-electron chi connectivity index (χ1n) is 19.9. The second kappa shape index (κ2) is 10.9. The molecule has 0 bridgehead atoms. The van der Waals surface area contributed by atoms with E-state index >= 15 is 0 Å². The molecule has 0 aliphatic rings. The van der Waals surface area contributed by atoms with E-state index in [1.807, 2.05) is 0 Å². The third-order valence-electron chi connectivity index (χ3n) is 12.8. The summed E-state index contributed by atoms with van der Waals surface area (Å²) < 4.78 is 4.78. The van der Waals surface area contributed by atoms with Crippen LogP contribution in [0.5, 0.6) is 0 Å². The normalized spacial score (nSPS) is 12.5. The first kappa shape index (κ1) is 30.4. The fourth-order valence-corrected chi connectivity index (χ4v) is 10.3. The second-order valence-electron chi connectivity index (χ2n) is 15.7. The van der Waals surface area contributed by atoms with Crippen molar-refractivity contribution in [3.8, 4) is 11.1 Å². The van der Waals surface area contributed by atoms with E-state index in [1.54, 1.807) is 0 Å². The maximum Gasteiger partial charge on any atom is 0.147 e. The first-order valence-corrected chi connectivity index (χ1v) is 19.9. The van der Waals surface area contributed by atoms with Gasteiger partial charge in [0.05, 0.1) is 33.1 Å². The molecule has 14 rings (SSSR count). The lowest BCUT2D eigenvalue weighted by Crippen LogP contribution is -1.96. The van der Waals surface area contributed by atoms with Crippen LogP contribution in [0.2, 0.25) is 0 Å². The highest BCUT2D eigenvalue weighted by Gasteiger charge is 2.22. The lowest BCUT2D eigenvalue weighted by atomic mass is 9.89. The molecule has 4 heteroatoms. The number of hydrogen-bond donors (Lipinski definition) is 0. The Balaban J connectivity index is 1.16. The van der Waals surface area contributed by atoms with Crippen LogP contribution in [0, 0.1) is 0 Å². The summed E-state index contributed by atoms with van der Waals surface area (Å²) in [6.45, 7) is 0. The van der Waals surface area contributed by atoms with Crippen LogP contribution < -0.4 is 0 Å². The number of fused-ring (bicyclic) bond motifs is 24. The minimum absolute atomic E-state index is 0.978. The number of nitrogens with zero attached hydrogens (tertiary/aromatic N) is 4. The van der Waals surface area contributed by atoms with E-state index in [0.29, 0.717) is 0 Å². The highest BCUT2D eigenvalue weighted by Crippen LogP contribution is 2.46. The SMILES string of the molecule is c1ccc2c(c1)cc(-c1ccc3c(ccc4c3c3c5ccccc5ccc3c3nc5ccccc5n43)c1)c1c2c2ccc3ccccc3c2n2c3ccccc3nc12. The zero-order valence-electron chi connectivity index (χ0n) is 31.1. The first-order chi connectivity index (χ1) is 28.8. The number of pyridine rings is 2. The summed E-state index contributed by atoms with van der Waals surface area (Å²) in [7, 11) is 0. The molecule has 58 heavy (non-hydrogen) atoms. The van der Waals surface area contributed by atoms with Gasteiger partial charge in [-0.2, -0.15) is 0 Å². The number of hydrogen-bond acceptors (Lipinski definition) is 2. The van der Waals surface area contributed by atoms with E-state index in [-0.39, 0.29) is 0 Å². The maximum absolute atomic E-state index is 5.46. The molecular weight excluding hydrogens is 705 g/mol. The van der Waals surface area contributed by atoms with Crippen molar-refractivity contribution in [2.24, 2.45) is 0 Å². The summed E-state index contributed by atoms with van der Waals surface area (Å²) in [6.07, 6.45) is 0. The Bertz CT molecular complexity index is 4150. The number of para-hydroxylation sites is 4. The molecular formula is C54H30N4. The summed E-state index contributed by atoms with van der Waals surface area (Å²) in [5, 5.41) is 17.1. The summed E-state index contributed by atoms with van der Waals surface area (Å²) >= 11 is 0. The average Bonchev–Trinajstić information content (AvgIpc) is 3.88. The van der Waals surface area contributed by atoms with Gasteiger partial charge in [-0.15, -0.1) is 0 Å². The van der Waals surface area contributed by atoms with Gasteiger partial charge >= 0.3 is 0 Å².